The molecule has 0 aromatic carbocycles. The third-order valence-electron chi connectivity index (χ3n) is 1.05. The standard InChI is InChI=1S/C4HF9/c5-1(6)2(7,8)3(9,10)4(11,12)13/h1H. The Balaban J connectivity index is 5.04. The predicted octanol–water partition coefficient (Wildman–Crippen LogP) is 3.08. The second kappa shape index (κ2) is 2.95. The average molecular weight is 220 g/mol. The normalized spacial score (nSPS) is 15.2. The van der Waals surface area contributed by atoms with Crippen LogP contribution in [-0.2, 0) is 0 Å². The van der Waals surface area contributed by atoms with Crippen LogP contribution < -0.4 is 0 Å². The van der Waals surface area contributed by atoms with E-state index < -0.39 is 24.4 Å². The van der Waals surface area contributed by atoms with Gasteiger partial charge >= 0.3 is 24.4 Å². The SMILES string of the molecule is FC(F)C(F)(F)C(F)(F)C(F)(F)F. The molecular weight excluding hydrogens is 219 g/mol. The van der Waals surface area contributed by atoms with Gasteiger partial charge in [-0.2, -0.15) is 30.7 Å². The second-order valence-electron chi connectivity index (χ2n) is 2.00. The minimum Gasteiger partial charge on any atom is -0.203 e. The molecular formula is C4HF9. The maximum Gasteiger partial charge on any atom is 0.460 e. The van der Waals surface area contributed by atoms with Crippen molar-refractivity contribution in [3.05, 3.63) is 0 Å². The van der Waals surface area contributed by atoms with Crippen LogP contribution in [0.15, 0.2) is 0 Å². The zero-order valence-electron chi connectivity index (χ0n) is 5.48. The van der Waals surface area contributed by atoms with E-state index in [1.165, 1.54) is 0 Å². The lowest BCUT2D eigenvalue weighted by atomic mass is 10.2. The van der Waals surface area contributed by atoms with Crippen molar-refractivity contribution >= 4 is 0 Å². The van der Waals surface area contributed by atoms with Gasteiger partial charge in [0, 0.05) is 0 Å². The molecule has 13 heavy (non-hydrogen) atoms. The fourth-order valence-electron chi connectivity index (χ4n) is 0.326. The Morgan fingerprint density at radius 2 is 1.00 bits per heavy atom. The van der Waals surface area contributed by atoms with Gasteiger partial charge in [0.1, 0.15) is 0 Å². The molecule has 0 atom stereocenters. The molecule has 0 aliphatic rings. The number of hydrogen-bond donors (Lipinski definition) is 0. The summed E-state index contributed by atoms with van der Waals surface area (Å²) in [5.41, 5.74) is 0. The molecule has 0 fully saturated rings. The van der Waals surface area contributed by atoms with Crippen molar-refractivity contribution in [2.75, 3.05) is 0 Å². The summed E-state index contributed by atoms with van der Waals surface area (Å²) >= 11 is 0. The largest absolute Gasteiger partial charge is 0.460 e. The van der Waals surface area contributed by atoms with E-state index in [-0.39, 0.29) is 0 Å². The first kappa shape index (κ1) is 12.4. The minimum absolute atomic E-state index is 5.08. The summed E-state index contributed by atoms with van der Waals surface area (Å²) in [5.74, 6) is -13.1. The van der Waals surface area contributed by atoms with Gasteiger partial charge in [-0.3, -0.25) is 0 Å². The number of halogens is 9. The topological polar surface area (TPSA) is 0 Å². The van der Waals surface area contributed by atoms with Crippen molar-refractivity contribution in [1.29, 1.82) is 0 Å². The zero-order valence-corrected chi connectivity index (χ0v) is 5.48. The first-order chi connectivity index (χ1) is 5.44. The molecule has 0 bridgehead atoms. The Morgan fingerprint density at radius 3 is 1.08 bits per heavy atom. The summed E-state index contributed by atoms with van der Waals surface area (Å²) in [6.45, 7) is 0. The maximum atomic E-state index is 11.6. The third kappa shape index (κ3) is 1.83. The molecule has 0 unspecified atom stereocenters. The maximum absolute atomic E-state index is 11.6. The van der Waals surface area contributed by atoms with E-state index in [4.69, 9.17) is 0 Å². The lowest BCUT2D eigenvalue weighted by Crippen LogP contribution is -2.55. The lowest BCUT2D eigenvalue weighted by Gasteiger charge is -2.27. The van der Waals surface area contributed by atoms with Crippen LogP contribution >= 0.6 is 0 Å². The van der Waals surface area contributed by atoms with Gasteiger partial charge in [-0.25, -0.2) is 8.78 Å². The summed E-state index contributed by atoms with van der Waals surface area (Å²) in [7, 11) is 0. The van der Waals surface area contributed by atoms with E-state index in [2.05, 4.69) is 0 Å². The Kier molecular flexibility index (Phi) is 2.80. The summed E-state index contributed by atoms with van der Waals surface area (Å²) in [4.78, 5) is 0. The first-order valence-corrected chi connectivity index (χ1v) is 2.55. The molecule has 9 heteroatoms. The first-order valence-electron chi connectivity index (χ1n) is 2.55. The van der Waals surface area contributed by atoms with E-state index in [1.807, 2.05) is 0 Å². The van der Waals surface area contributed by atoms with Gasteiger partial charge in [-0.05, 0) is 0 Å². The van der Waals surface area contributed by atoms with Gasteiger partial charge in [-0.15, -0.1) is 0 Å². The highest BCUT2D eigenvalue weighted by atomic mass is 19.4. The van der Waals surface area contributed by atoms with Crippen LogP contribution in [0.1, 0.15) is 0 Å². The fourth-order valence-corrected chi connectivity index (χ4v) is 0.326. The van der Waals surface area contributed by atoms with Gasteiger partial charge in [-0.1, -0.05) is 0 Å². The molecule has 80 valence electrons. The third-order valence-corrected chi connectivity index (χ3v) is 1.05. The molecule has 0 amide bonds. The van der Waals surface area contributed by atoms with E-state index >= 15 is 0 Å². The van der Waals surface area contributed by atoms with Crippen molar-refractivity contribution in [2.45, 2.75) is 24.4 Å². The predicted molar refractivity (Wildman–Crippen MR) is 22.0 cm³/mol. The van der Waals surface area contributed by atoms with E-state index in [9.17, 15) is 39.5 Å². The van der Waals surface area contributed by atoms with E-state index in [1.54, 1.807) is 0 Å². The molecule has 0 heterocycles. The molecule has 0 radical (unpaired) electrons. The highest BCUT2D eigenvalue weighted by Crippen LogP contribution is 2.48. The van der Waals surface area contributed by atoms with Gasteiger partial charge in [0.25, 0.3) is 0 Å². The van der Waals surface area contributed by atoms with Crippen LogP contribution in [0.2, 0.25) is 0 Å². The molecule has 0 aromatic rings. The van der Waals surface area contributed by atoms with E-state index in [0.717, 1.165) is 0 Å². The van der Waals surface area contributed by atoms with Gasteiger partial charge in [0.2, 0.25) is 0 Å². The smallest absolute Gasteiger partial charge is 0.203 e. The Hall–Kier alpha value is -0.630. The number of rotatable bonds is 2. The monoisotopic (exact) mass is 220 g/mol. The van der Waals surface area contributed by atoms with Crippen molar-refractivity contribution in [2.24, 2.45) is 0 Å². The summed E-state index contributed by atoms with van der Waals surface area (Å²) in [5, 5.41) is 0. The zero-order chi connectivity index (χ0) is 11.1. The number of alkyl halides is 9. The molecule has 0 spiro atoms. The van der Waals surface area contributed by atoms with Crippen LogP contribution in [0.5, 0.6) is 0 Å². The van der Waals surface area contributed by atoms with Crippen LogP contribution in [0.3, 0.4) is 0 Å². The average Bonchev–Trinajstić information content (AvgIpc) is 1.84. The fraction of sp³-hybridized carbons (Fsp3) is 1.00. The number of hydrogen-bond acceptors (Lipinski definition) is 0. The lowest BCUT2D eigenvalue weighted by molar-refractivity contribution is -0.375. The summed E-state index contributed by atoms with van der Waals surface area (Å²) in [6, 6.07) is 0. The molecule has 0 N–H and O–H groups in total. The van der Waals surface area contributed by atoms with Crippen molar-refractivity contribution < 1.29 is 39.5 Å². The molecule has 0 nitrogen and oxygen atoms in total. The highest BCUT2D eigenvalue weighted by molar-refractivity contribution is 4.92. The highest BCUT2D eigenvalue weighted by Gasteiger charge is 2.76. The summed E-state index contributed by atoms with van der Waals surface area (Å²) < 4.78 is 102. The minimum atomic E-state index is -6.73. The Morgan fingerprint density at radius 1 is 0.692 bits per heavy atom. The van der Waals surface area contributed by atoms with Crippen LogP contribution in [-0.4, -0.2) is 24.4 Å². The Bertz CT molecular complexity index is 177. The van der Waals surface area contributed by atoms with Crippen LogP contribution in [0, 0.1) is 0 Å². The Labute approximate surface area is 65.3 Å². The second-order valence-corrected chi connectivity index (χ2v) is 2.00. The quantitative estimate of drug-likeness (QED) is 0.627. The van der Waals surface area contributed by atoms with Crippen molar-refractivity contribution in [1.82, 2.24) is 0 Å². The van der Waals surface area contributed by atoms with Gasteiger partial charge < -0.3 is 0 Å². The molecule has 0 saturated heterocycles. The molecule has 0 aromatic heterocycles. The molecule has 0 saturated carbocycles. The van der Waals surface area contributed by atoms with Crippen molar-refractivity contribution in [3.8, 4) is 0 Å². The van der Waals surface area contributed by atoms with Crippen LogP contribution in [0.4, 0.5) is 39.5 Å². The summed E-state index contributed by atoms with van der Waals surface area (Å²) in [6.07, 6.45) is -11.8. The molecule has 0 rings (SSSR count). The van der Waals surface area contributed by atoms with E-state index in [0.29, 0.717) is 0 Å². The van der Waals surface area contributed by atoms with Crippen LogP contribution in [0.25, 0.3) is 0 Å². The van der Waals surface area contributed by atoms with Crippen molar-refractivity contribution in [3.63, 3.8) is 0 Å². The van der Waals surface area contributed by atoms with Gasteiger partial charge in [0.05, 0.1) is 0 Å². The molecule has 0 aliphatic heterocycles. The van der Waals surface area contributed by atoms with Gasteiger partial charge in [0.15, 0.2) is 0 Å². The molecule has 0 aliphatic carbocycles.